The van der Waals surface area contributed by atoms with E-state index in [0.717, 1.165) is 16.2 Å². The minimum absolute atomic E-state index is 0.0496. The molecule has 0 saturated heterocycles. The molecule has 0 aliphatic carbocycles. The van der Waals surface area contributed by atoms with E-state index in [4.69, 9.17) is 0 Å². The van der Waals surface area contributed by atoms with Crippen molar-refractivity contribution in [3.63, 3.8) is 0 Å². The van der Waals surface area contributed by atoms with E-state index in [1.165, 1.54) is 37.3 Å². The van der Waals surface area contributed by atoms with Crippen molar-refractivity contribution in [2.45, 2.75) is 23.0 Å². The first kappa shape index (κ1) is 17.6. The Morgan fingerprint density at radius 2 is 1.65 bits per heavy atom. The van der Waals surface area contributed by atoms with Crippen molar-refractivity contribution < 1.29 is 21.6 Å². The number of thiophene rings is 1. The summed E-state index contributed by atoms with van der Waals surface area (Å²) in [5, 5.41) is 0. The number of benzene rings is 1. The molecular weight excluding hydrogens is 358 g/mol. The van der Waals surface area contributed by atoms with Crippen LogP contribution in [-0.2, 0) is 19.9 Å². The van der Waals surface area contributed by atoms with Crippen molar-refractivity contribution in [2.24, 2.45) is 0 Å². The standard InChI is InChI=1S/C14H15NO5S3/c1-3-22(17,18)12-7-5-11(6-8-12)14(16)15-23(19,20)13-9-4-10(2)21-13/h4-9H,3H2,1-2H3,(H,15,16). The number of sulfone groups is 1. The number of carbonyl (C=O) groups excluding carboxylic acids is 1. The van der Waals surface area contributed by atoms with E-state index in [2.05, 4.69) is 0 Å². The number of hydrogen-bond acceptors (Lipinski definition) is 6. The summed E-state index contributed by atoms with van der Waals surface area (Å²) in [6, 6.07) is 8.21. The van der Waals surface area contributed by atoms with Gasteiger partial charge >= 0.3 is 0 Å². The molecule has 0 spiro atoms. The third-order valence-electron chi connectivity index (χ3n) is 3.06. The molecule has 0 atom stereocenters. The molecule has 0 bridgehead atoms. The second-order valence-corrected chi connectivity index (χ2v) is 10.2. The molecule has 0 unspecified atom stereocenters. The molecule has 23 heavy (non-hydrogen) atoms. The van der Waals surface area contributed by atoms with Crippen LogP contribution in [0.4, 0.5) is 0 Å². The molecule has 0 aliphatic heterocycles. The highest BCUT2D eigenvalue weighted by molar-refractivity contribution is 7.92. The molecule has 0 radical (unpaired) electrons. The Morgan fingerprint density at radius 1 is 1.04 bits per heavy atom. The van der Waals surface area contributed by atoms with Crippen molar-refractivity contribution >= 4 is 37.1 Å². The summed E-state index contributed by atoms with van der Waals surface area (Å²) < 4.78 is 49.6. The molecule has 0 saturated carbocycles. The van der Waals surface area contributed by atoms with Crippen LogP contribution < -0.4 is 4.72 Å². The molecule has 1 aromatic carbocycles. The Bertz CT molecular complexity index is 925. The molecule has 2 aromatic rings. The third kappa shape index (κ3) is 3.98. The first-order valence-electron chi connectivity index (χ1n) is 6.62. The van der Waals surface area contributed by atoms with Crippen LogP contribution in [0.3, 0.4) is 0 Å². The van der Waals surface area contributed by atoms with E-state index in [9.17, 15) is 21.6 Å². The van der Waals surface area contributed by atoms with Gasteiger partial charge < -0.3 is 0 Å². The quantitative estimate of drug-likeness (QED) is 0.864. The highest BCUT2D eigenvalue weighted by atomic mass is 32.2. The van der Waals surface area contributed by atoms with E-state index in [1.54, 1.807) is 13.0 Å². The van der Waals surface area contributed by atoms with Crippen LogP contribution in [0.2, 0.25) is 0 Å². The molecule has 2 rings (SSSR count). The molecule has 0 fully saturated rings. The predicted molar refractivity (Wildman–Crippen MR) is 87.9 cm³/mol. The Hall–Kier alpha value is -1.71. The van der Waals surface area contributed by atoms with Crippen LogP contribution in [0.25, 0.3) is 0 Å². The molecule has 9 heteroatoms. The fourth-order valence-electron chi connectivity index (χ4n) is 1.77. The molecular formula is C14H15NO5S3. The summed E-state index contributed by atoms with van der Waals surface area (Å²) in [4.78, 5) is 12.9. The lowest BCUT2D eigenvalue weighted by Crippen LogP contribution is -2.30. The van der Waals surface area contributed by atoms with E-state index in [0.29, 0.717) is 0 Å². The second-order valence-electron chi connectivity index (χ2n) is 4.73. The SMILES string of the molecule is CCS(=O)(=O)c1ccc(C(=O)NS(=O)(=O)c2ccc(C)s2)cc1. The van der Waals surface area contributed by atoms with Gasteiger partial charge in [0.25, 0.3) is 15.9 Å². The second kappa shape index (κ2) is 6.42. The number of sulfonamides is 1. The average Bonchev–Trinajstić information content (AvgIpc) is 2.94. The van der Waals surface area contributed by atoms with Crippen LogP contribution in [0.15, 0.2) is 45.5 Å². The Morgan fingerprint density at radius 3 is 2.13 bits per heavy atom. The maximum Gasteiger partial charge on any atom is 0.273 e. The number of aryl methyl sites for hydroxylation is 1. The maximum absolute atomic E-state index is 12.1. The third-order valence-corrected chi connectivity index (χ3v) is 7.64. The van der Waals surface area contributed by atoms with Crippen molar-refractivity contribution in [3.8, 4) is 0 Å². The van der Waals surface area contributed by atoms with Gasteiger partial charge in [0, 0.05) is 10.4 Å². The van der Waals surface area contributed by atoms with Gasteiger partial charge in [-0.15, -0.1) is 11.3 Å². The molecule has 6 nitrogen and oxygen atoms in total. The number of hydrogen-bond donors (Lipinski definition) is 1. The lowest BCUT2D eigenvalue weighted by atomic mass is 10.2. The van der Waals surface area contributed by atoms with Crippen LogP contribution in [0.5, 0.6) is 0 Å². The van der Waals surface area contributed by atoms with E-state index in [1.807, 2.05) is 4.72 Å². The van der Waals surface area contributed by atoms with Gasteiger partial charge in [0.1, 0.15) is 4.21 Å². The zero-order valence-electron chi connectivity index (χ0n) is 12.4. The first-order chi connectivity index (χ1) is 10.7. The zero-order chi connectivity index (χ0) is 17.3. The van der Waals surface area contributed by atoms with Gasteiger partial charge in [0.2, 0.25) is 0 Å². The maximum atomic E-state index is 12.1. The van der Waals surface area contributed by atoms with Crippen molar-refractivity contribution in [2.75, 3.05) is 5.75 Å². The molecule has 0 aliphatic rings. The lowest BCUT2D eigenvalue weighted by Gasteiger charge is -2.06. The largest absolute Gasteiger partial charge is 0.273 e. The smallest absolute Gasteiger partial charge is 0.268 e. The first-order valence-corrected chi connectivity index (χ1v) is 10.6. The highest BCUT2D eigenvalue weighted by Gasteiger charge is 2.21. The highest BCUT2D eigenvalue weighted by Crippen LogP contribution is 2.20. The average molecular weight is 373 g/mol. The lowest BCUT2D eigenvalue weighted by molar-refractivity contribution is 0.0981. The summed E-state index contributed by atoms with van der Waals surface area (Å²) in [7, 11) is -7.29. The van der Waals surface area contributed by atoms with Crippen LogP contribution in [-0.4, -0.2) is 28.5 Å². The zero-order valence-corrected chi connectivity index (χ0v) is 14.9. The van der Waals surface area contributed by atoms with Gasteiger partial charge in [-0.25, -0.2) is 21.6 Å². The van der Waals surface area contributed by atoms with E-state index in [-0.39, 0.29) is 20.4 Å². The molecule has 124 valence electrons. The number of carbonyl (C=O) groups is 1. The van der Waals surface area contributed by atoms with Crippen LogP contribution >= 0.6 is 11.3 Å². The number of amides is 1. The minimum atomic E-state index is -3.93. The van der Waals surface area contributed by atoms with Gasteiger partial charge in [-0.1, -0.05) is 6.92 Å². The predicted octanol–water partition coefficient (Wildman–Crippen LogP) is 1.97. The van der Waals surface area contributed by atoms with Gasteiger partial charge in [0.05, 0.1) is 10.6 Å². The Balaban J connectivity index is 2.21. The van der Waals surface area contributed by atoms with Crippen LogP contribution in [0, 0.1) is 6.92 Å². The van der Waals surface area contributed by atoms with Gasteiger partial charge in [-0.3, -0.25) is 4.79 Å². The summed E-state index contributed by atoms with van der Waals surface area (Å²) in [6.45, 7) is 3.28. The topological polar surface area (TPSA) is 97.4 Å². The van der Waals surface area contributed by atoms with E-state index >= 15 is 0 Å². The summed E-state index contributed by atoms with van der Waals surface area (Å²) in [5.74, 6) is -0.860. The monoisotopic (exact) mass is 373 g/mol. The van der Waals surface area contributed by atoms with Crippen molar-refractivity contribution in [1.29, 1.82) is 0 Å². The summed E-state index contributed by atoms with van der Waals surface area (Å²) >= 11 is 1.06. The van der Waals surface area contributed by atoms with Crippen molar-refractivity contribution in [1.82, 2.24) is 4.72 Å². The molecule has 1 heterocycles. The minimum Gasteiger partial charge on any atom is -0.268 e. The summed E-state index contributed by atoms with van der Waals surface area (Å²) in [5.41, 5.74) is 0.0666. The Labute approximate surface area is 139 Å². The number of rotatable bonds is 5. The summed E-state index contributed by atoms with van der Waals surface area (Å²) in [6.07, 6.45) is 0. The fourth-order valence-corrected chi connectivity index (χ4v) is 4.91. The number of nitrogens with one attached hydrogen (secondary N) is 1. The molecule has 1 aromatic heterocycles. The van der Waals surface area contributed by atoms with Gasteiger partial charge in [-0.05, 0) is 43.3 Å². The fraction of sp³-hybridized carbons (Fsp3) is 0.214. The van der Waals surface area contributed by atoms with E-state index < -0.39 is 25.8 Å². The molecule has 1 N–H and O–H groups in total. The Kier molecular flexibility index (Phi) is 4.92. The van der Waals surface area contributed by atoms with Gasteiger partial charge in [0.15, 0.2) is 9.84 Å². The normalized spacial score (nSPS) is 12.1. The van der Waals surface area contributed by atoms with Crippen molar-refractivity contribution in [3.05, 3.63) is 46.8 Å². The molecule has 1 amide bonds. The van der Waals surface area contributed by atoms with Crippen LogP contribution in [0.1, 0.15) is 22.2 Å². The van der Waals surface area contributed by atoms with Gasteiger partial charge in [-0.2, -0.15) is 0 Å².